The molecule has 0 bridgehead atoms. The SMILES string of the molecule is O=S(=O)(Cc1ccc(F)c(Cl)c1)N[C@H]1CCOc2c(F)cccc21. The molecule has 0 fully saturated rings. The largest absolute Gasteiger partial charge is 0.490 e. The zero-order chi connectivity index (χ0) is 17.3. The fourth-order valence-electron chi connectivity index (χ4n) is 2.62. The van der Waals surface area contributed by atoms with E-state index in [9.17, 15) is 17.2 Å². The summed E-state index contributed by atoms with van der Waals surface area (Å²) in [7, 11) is -3.73. The van der Waals surface area contributed by atoms with Gasteiger partial charge in [-0.3, -0.25) is 0 Å². The van der Waals surface area contributed by atoms with Gasteiger partial charge in [-0.25, -0.2) is 21.9 Å². The molecule has 0 aliphatic carbocycles. The van der Waals surface area contributed by atoms with E-state index in [1.807, 2.05) is 0 Å². The third kappa shape index (κ3) is 3.68. The Bertz CT molecular complexity index is 874. The topological polar surface area (TPSA) is 55.4 Å². The van der Waals surface area contributed by atoms with E-state index in [0.717, 1.165) is 6.07 Å². The van der Waals surface area contributed by atoms with Gasteiger partial charge >= 0.3 is 0 Å². The van der Waals surface area contributed by atoms with Gasteiger partial charge in [-0.1, -0.05) is 29.8 Å². The monoisotopic (exact) mass is 373 g/mol. The zero-order valence-electron chi connectivity index (χ0n) is 12.4. The Labute approximate surface area is 143 Å². The summed E-state index contributed by atoms with van der Waals surface area (Å²) in [6, 6.07) is 7.56. The molecule has 1 atom stereocenters. The summed E-state index contributed by atoms with van der Waals surface area (Å²) >= 11 is 5.67. The number of hydrogen-bond donors (Lipinski definition) is 1. The minimum atomic E-state index is -3.73. The second-order valence-electron chi connectivity index (χ2n) is 5.47. The van der Waals surface area contributed by atoms with Crippen LogP contribution in [0.2, 0.25) is 5.02 Å². The average molecular weight is 374 g/mol. The van der Waals surface area contributed by atoms with Gasteiger partial charge in [0.05, 0.1) is 23.4 Å². The van der Waals surface area contributed by atoms with Gasteiger partial charge in [0, 0.05) is 12.0 Å². The maximum Gasteiger partial charge on any atom is 0.216 e. The van der Waals surface area contributed by atoms with Crippen LogP contribution in [0, 0.1) is 11.6 Å². The molecule has 0 spiro atoms. The van der Waals surface area contributed by atoms with E-state index in [1.54, 1.807) is 6.07 Å². The van der Waals surface area contributed by atoms with E-state index in [0.29, 0.717) is 17.5 Å². The summed E-state index contributed by atoms with van der Waals surface area (Å²) in [6.07, 6.45) is 0.389. The molecule has 3 rings (SSSR count). The second-order valence-corrected chi connectivity index (χ2v) is 7.63. The first-order chi connectivity index (χ1) is 11.4. The van der Waals surface area contributed by atoms with Crippen molar-refractivity contribution in [2.24, 2.45) is 0 Å². The number of fused-ring (bicyclic) bond motifs is 1. The van der Waals surface area contributed by atoms with E-state index >= 15 is 0 Å². The molecule has 2 aromatic carbocycles. The van der Waals surface area contributed by atoms with Gasteiger partial charge in [0.1, 0.15) is 5.82 Å². The first-order valence-corrected chi connectivity index (χ1v) is 9.24. The normalized spacial score (nSPS) is 17.2. The molecule has 1 N–H and O–H groups in total. The molecule has 1 heterocycles. The van der Waals surface area contributed by atoms with Gasteiger partial charge < -0.3 is 4.74 Å². The highest BCUT2D eigenvalue weighted by Gasteiger charge is 2.27. The minimum absolute atomic E-state index is 0.0706. The molecule has 24 heavy (non-hydrogen) atoms. The highest BCUT2D eigenvalue weighted by molar-refractivity contribution is 7.88. The molecule has 4 nitrogen and oxygen atoms in total. The van der Waals surface area contributed by atoms with E-state index < -0.39 is 27.7 Å². The Kier molecular flexibility index (Phi) is 4.76. The third-order valence-corrected chi connectivity index (χ3v) is 5.33. The molecule has 0 unspecified atom stereocenters. The number of hydrogen-bond acceptors (Lipinski definition) is 3. The summed E-state index contributed by atoms with van der Waals surface area (Å²) in [5.74, 6) is -1.42. The molecule has 0 aromatic heterocycles. The van der Waals surface area contributed by atoms with Crippen molar-refractivity contribution in [1.29, 1.82) is 0 Å². The maximum absolute atomic E-state index is 13.8. The van der Waals surface area contributed by atoms with Crippen LogP contribution in [0.5, 0.6) is 5.75 Å². The number of rotatable bonds is 4. The molecule has 128 valence electrons. The lowest BCUT2D eigenvalue weighted by atomic mass is 10.0. The van der Waals surface area contributed by atoms with Gasteiger partial charge in [0.2, 0.25) is 10.0 Å². The van der Waals surface area contributed by atoms with Crippen molar-refractivity contribution in [2.75, 3.05) is 6.61 Å². The number of nitrogens with one attached hydrogen (secondary N) is 1. The number of benzene rings is 2. The van der Waals surface area contributed by atoms with Crippen LogP contribution in [0.4, 0.5) is 8.78 Å². The van der Waals surface area contributed by atoms with Crippen LogP contribution in [0.3, 0.4) is 0 Å². The van der Waals surface area contributed by atoms with Gasteiger partial charge in [-0.2, -0.15) is 0 Å². The number of ether oxygens (including phenoxy) is 1. The van der Waals surface area contributed by atoms with Crippen LogP contribution in [0.25, 0.3) is 0 Å². The Morgan fingerprint density at radius 3 is 2.75 bits per heavy atom. The highest BCUT2D eigenvalue weighted by atomic mass is 35.5. The van der Waals surface area contributed by atoms with Gasteiger partial charge in [0.15, 0.2) is 11.6 Å². The zero-order valence-corrected chi connectivity index (χ0v) is 14.0. The lowest BCUT2D eigenvalue weighted by Crippen LogP contribution is -2.33. The lowest BCUT2D eigenvalue weighted by molar-refractivity contribution is 0.250. The van der Waals surface area contributed by atoms with Gasteiger partial charge in [0.25, 0.3) is 0 Å². The maximum atomic E-state index is 13.8. The van der Waals surface area contributed by atoms with Gasteiger partial charge in [-0.15, -0.1) is 0 Å². The number of para-hydroxylation sites is 1. The first kappa shape index (κ1) is 17.1. The van der Waals surface area contributed by atoms with Crippen LogP contribution in [0.1, 0.15) is 23.6 Å². The Balaban J connectivity index is 1.81. The van der Waals surface area contributed by atoms with E-state index in [-0.39, 0.29) is 23.1 Å². The van der Waals surface area contributed by atoms with E-state index in [1.165, 1.54) is 24.3 Å². The third-order valence-electron chi connectivity index (χ3n) is 3.69. The average Bonchev–Trinajstić information content (AvgIpc) is 2.51. The van der Waals surface area contributed by atoms with Crippen LogP contribution in [0.15, 0.2) is 36.4 Å². The molecule has 1 aliphatic rings. The standard InChI is InChI=1S/C16H14ClF2NO3S/c17-12-8-10(4-5-13(12)18)9-24(21,22)20-15-6-7-23-16-11(15)2-1-3-14(16)19/h1-5,8,15,20H,6-7,9H2/t15-/m0/s1. The Hall–Kier alpha value is -1.70. The van der Waals surface area contributed by atoms with Crippen molar-refractivity contribution in [3.05, 3.63) is 64.2 Å². The molecule has 0 saturated heterocycles. The van der Waals surface area contributed by atoms with Crippen LogP contribution < -0.4 is 9.46 Å². The van der Waals surface area contributed by atoms with Crippen LogP contribution >= 0.6 is 11.6 Å². The molecule has 8 heteroatoms. The summed E-state index contributed by atoms with van der Waals surface area (Å²) < 4.78 is 59.5. The molecular weight excluding hydrogens is 360 g/mol. The second kappa shape index (κ2) is 6.66. The fraction of sp³-hybridized carbons (Fsp3) is 0.250. The van der Waals surface area contributed by atoms with Crippen molar-refractivity contribution in [1.82, 2.24) is 4.72 Å². The molecular formula is C16H14ClF2NO3S. The quantitative estimate of drug-likeness (QED) is 0.891. The Morgan fingerprint density at radius 2 is 2.00 bits per heavy atom. The smallest absolute Gasteiger partial charge is 0.216 e. The minimum Gasteiger partial charge on any atom is -0.490 e. The number of sulfonamides is 1. The van der Waals surface area contributed by atoms with Crippen molar-refractivity contribution in [3.8, 4) is 5.75 Å². The molecule has 1 aliphatic heterocycles. The van der Waals surface area contributed by atoms with E-state index in [4.69, 9.17) is 16.3 Å². The predicted molar refractivity (Wildman–Crippen MR) is 86.4 cm³/mol. The van der Waals surface area contributed by atoms with Gasteiger partial charge in [-0.05, 0) is 23.8 Å². The lowest BCUT2D eigenvalue weighted by Gasteiger charge is -2.26. The Morgan fingerprint density at radius 1 is 1.21 bits per heavy atom. The van der Waals surface area contributed by atoms with Crippen molar-refractivity contribution >= 4 is 21.6 Å². The summed E-state index contributed by atoms with van der Waals surface area (Å²) in [5, 5.41) is -0.138. The van der Waals surface area contributed by atoms with Crippen molar-refractivity contribution in [3.63, 3.8) is 0 Å². The first-order valence-electron chi connectivity index (χ1n) is 7.21. The molecule has 0 radical (unpaired) electrons. The predicted octanol–water partition coefficient (Wildman–Crippen LogP) is 3.56. The van der Waals surface area contributed by atoms with Crippen LogP contribution in [-0.2, 0) is 15.8 Å². The summed E-state index contributed by atoms with van der Waals surface area (Å²) in [4.78, 5) is 0. The molecule has 0 amide bonds. The molecule has 0 saturated carbocycles. The highest BCUT2D eigenvalue weighted by Crippen LogP contribution is 2.34. The van der Waals surface area contributed by atoms with Crippen molar-refractivity contribution in [2.45, 2.75) is 18.2 Å². The van der Waals surface area contributed by atoms with Crippen LogP contribution in [-0.4, -0.2) is 15.0 Å². The van der Waals surface area contributed by atoms with Crippen molar-refractivity contribution < 1.29 is 21.9 Å². The molecule has 2 aromatic rings. The number of halogens is 3. The summed E-state index contributed by atoms with van der Waals surface area (Å²) in [6.45, 7) is 0.212. The van der Waals surface area contributed by atoms with E-state index in [2.05, 4.69) is 4.72 Å². The fourth-order valence-corrected chi connectivity index (χ4v) is 4.20. The summed E-state index contributed by atoms with van der Waals surface area (Å²) in [5.41, 5.74) is 0.822.